The Hall–Kier alpha value is -1.10. The second kappa shape index (κ2) is 5.49. The highest BCUT2D eigenvalue weighted by Crippen LogP contribution is 2.34. The number of aliphatic imine (C=N–C) groups is 1. The zero-order valence-electron chi connectivity index (χ0n) is 10.5. The highest BCUT2D eigenvalue weighted by atomic mass is 32.2. The first-order valence-corrected chi connectivity index (χ1v) is 7.64. The molecule has 1 aromatic rings. The summed E-state index contributed by atoms with van der Waals surface area (Å²) in [4.78, 5) is 4.62. The van der Waals surface area contributed by atoms with Gasteiger partial charge in [0.15, 0.2) is 5.17 Å². The van der Waals surface area contributed by atoms with Crippen molar-refractivity contribution < 1.29 is 8.78 Å². The first-order chi connectivity index (χ1) is 9.24. The predicted molar refractivity (Wildman–Crippen MR) is 75.6 cm³/mol. The lowest BCUT2D eigenvalue weighted by Crippen LogP contribution is -2.32. The molecule has 0 saturated heterocycles. The molecule has 2 aliphatic rings. The zero-order chi connectivity index (χ0) is 13.2. The van der Waals surface area contributed by atoms with E-state index in [2.05, 4.69) is 10.3 Å². The van der Waals surface area contributed by atoms with Crippen molar-refractivity contribution in [2.75, 3.05) is 11.1 Å². The molecule has 0 bridgehead atoms. The first kappa shape index (κ1) is 12.9. The number of para-hydroxylation sites is 1. The topological polar surface area (TPSA) is 24.4 Å². The Morgan fingerprint density at radius 2 is 1.89 bits per heavy atom. The van der Waals surface area contributed by atoms with Crippen LogP contribution in [0.15, 0.2) is 23.2 Å². The molecular weight excluding hydrogens is 266 g/mol. The van der Waals surface area contributed by atoms with Crippen molar-refractivity contribution in [2.24, 2.45) is 10.9 Å². The van der Waals surface area contributed by atoms with Gasteiger partial charge in [0.05, 0.1) is 6.04 Å². The van der Waals surface area contributed by atoms with E-state index in [9.17, 15) is 8.78 Å². The summed E-state index contributed by atoms with van der Waals surface area (Å²) < 4.78 is 27.1. The number of anilines is 1. The van der Waals surface area contributed by atoms with Crippen LogP contribution in [-0.4, -0.2) is 17.0 Å². The van der Waals surface area contributed by atoms with E-state index < -0.39 is 11.6 Å². The molecule has 1 aromatic carbocycles. The van der Waals surface area contributed by atoms with Crippen molar-refractivity contribution in [3.8, 4) is 0 Å². The van der Waals surface area contributed by atoms with Crippen LogP contribution in [0.3, 0.4) is 0 Å². The fourth-order valence-corrected chi connectivity index (χ4v) is 3.86. The fourth-order valence-electron chi connectivity index (χ4n) is 2.72. The number of rotatable bonds is 1. The third kappa shape index (κ3) is 2.76. The Kier molecular flexibility index (Phi) is 3.73. The minimum Gasteiger partial charge on any atom is -0.330 e. The number of nitrogens with one attached hydrogen (secondary N) is 1. The van der Waals surface area contributed by atoms with Gasteiger partial charge in [-0.25, -0.2) is 8.78 Å². The van der Waals surface area contributed by atoms with Crippen molar-refractivity contribution in [1.82, 2.24) is 0 Å². The Bertz CT molecular complexity index is 484. The van der Waals surface area contributed by atoms with E-state index in [0.29, 0.717) is 17.1 Å². The highest BCUT2D eigenvalue weighted by molar-refractivity contribution is 8.14. The molecule has 1 saturated carbocycles. The largest absolute Gasteiger partial charge is 0.330 e. The maximum atomic E-state index is 13.6. The standard InChI is InChI=1S/C14H16F2N2S/c15-10-5-3-6-11(16)13(10)18-14-17-12-7-2-1-4-9(12)8-19-14/h3,5-6,9,12H,1-2,4,7-8H2,(H,17,18). The summed E-state index contributed by atoms with van der Waals surface area (Å²) in [5.41, 5.74) is -0.0944. The van der Waals surface area contributed by atoms with Crippen LogP contribution in [0.2, 0.25) is 0 Å². The van der Waals surface area contributed by atoms with Crippen LogP contribution in [0, 0.1) is 17.6 Å². The molecule has 1 aliphatic heterocycles. The summed E-state index contributed by atoms with van der Waals surface area (Å²) >= 11 is 1.57. The molecule has 5 heteroatoms. The Morgan fingerprint density at radius 3 is 2.68 bits per heavy atom. The zero-order valence-corrected chi connectivity index (χ0v) is 11.4. The molecule has 102 valence electrons. The van der Waals surface area contributed by atoms with Crippen molar-refractivity contribution in [2.45, 2.75) is 31.7 Å². The lowest BCUT2D eigenvalue weighted by Gasteiger charge is -2.32. The maximum absolute atomic E-state index is 13.6. The van der Waals surface area contributed by atoms with Gasteiger partial charge in [-0.2, -0.15) is 0 Å². The quantitative estimate of drug-likeness (QED) is 0.840. The lowest BCUT2D eigenvalue weighted by molar-refractivity contribution is 0.336. The van der Waals surface area contributed by atoms with Gasteiger partial charge >= 0.3 is 0 Å². The van der Waals surface area contributed by atoms with Crippen LogP contribution in [-0.2, 0) is 0 Å². The van der Waals surface area contributed by atoms with E-state index in [-0.39, 0.29) is 5.69 Å². The molecule has 0 aromatic heterocycles. The van der Waals surface area contributed by atoms with Crippen LogP contribution in [0.5, 0.6) is 0 Å². The van der Waals surface area contributed by atoms with E-state index in [1.165, 1.54) is 37.5 Å². The molecule has 19 heavy (non-hydrogen) atoms. The van der Waals surface area contributed by atoms with Gasteiger partial charge in [-0.3, -0.25) is 4.99 Å². The Balaban J connectivity index is 1.78. The van der Waals surface area contributed by atoms with E-state index in [1.807, 2.05) is 0 Å². The van der Waals surface area contributed by atoms with E-state index in [4.69, 9.17) is 0 Å². The number of fused-ring (bicyclic) bond motifs is 1. The average Bonchev–Trinajstić information content (AvgIpc) is 2.43. The molecular formula is C14H16F2N2S. The van der Waals surface area contributed by atoms with Gasteiger partial charge in [-0.05, 0) is 30.9 Å². The predicted octanol–water partition coefficient (Wildman–Crippen LogP) is 4.04. The number of nitrogens with zero attached hydrogens (tertiary/aromatic N) is 1. The van der Waals surface area contributed by atoms with Gasteiger partial charge < -0.3 is 5.32 Å². The molecule has 0 radical (unpaired) electrons. The van der Waals surface area contributed by atoms with Crippen LogP contribution in [0.4, 0.5) is 14.5 Å². The molecule has 1 aliphatic carbocycles. The Labute approximate surface area is 115 Å². The lowest BCUT2D eigenvalue weighted by atomic mass is 9.86. The number of hydrogen-bond donors (Lipinski definition) is 1. The molecule has 1 fully saturated rings. The summed E-state index contributed by atoms with van der Waals surface area (Å²) in [6.07, 6.45) is 4.80. The monoisotopic (exact) mass is 282 g/mol. The molecule has 3 rings (SSSR count). The number of benzene rings is 1. The van der Waals surface area contributed by atoms with E-state index in [1.54, 1.807) is 11.8 Å². The highest BCUT2D eigenvalue weighted by Gasteiger charge is 2.29. The maximum Gasteiger partial charge on any atom is 0.161 e. The fraction of sp³-hybridized carbons (Fsp3) is 0.500. The average molecular weight is 282 g/mol. The SMILES string of the molecule is Fc1cccc(F)c1NC1=NC2CCCCC2CS1. The van der Waals surface area contributed by atoms with Crippen LogP contribution in [0.1, 0.15) is 25.7 Å². The van der Waals surface area contributed by atoms with E-state index in [0.717, 1.165) is 12.2 Å². The van der Waals surface area contributed by atoms with Crippen molar-refractivity contribution in [1.29, 1.82) is 0 Å². The first-order valence-electron chi connectivity index (χ1n) is 6.65. The number of thioether (sulfide) groups is 1. The molecule has 1 N–H and O–H groups in total. The van der Waals surface area contributed by atoms with Crippen molar-refractivity contribution >= 4 is 22.6 Å². The Morgan fingerprint density at radius 1 is 1.16 bits per heavy atom. The minimum atomic E-state index is -0.575. The smallest absolute Gasteiger partial charge is 0.161 e. The molecule has 2 nitrogen and oxygen atoms in total. The van der Waals surface area contributed by atoms with Crippen LogP contribution < -0.4 is 5.32 Å². The second-order valence-electron chi connectivity index (χ2n) is 5.08. The summed E-state index contributed by atoms with van der Waals surface area (Å²) in [5, 5.41) is 3.46. The van der Waals surface area contributed by atoms with Crippen molar-refractivity contribution in [3.63, 3.8) is 0 Å². The van der Waals surface area contributed by atoms with Gasteiger partial charge in [0.25, 0.3) is 0 Å². The van der Waals surface area contributed by atoms with Crippen LogP contribution >= 0.6 is 11.8 Å². The summed E-state index contributed by atoms with van der Waals surface area (Å²) in [5.74, 6) is 0.477. The van der Waals surface area contributed by atoms with Crippen molar-refractivity contribution in [3.05, 3.63) is 29.8 Å². The molecule has 2 atom stereocenters. The second-order valence-corrected chi connectivity index (χ2v) is 6.09. The van der Waals surface area contributed by atoms with Gasteiger partial charge in [0.1, 0.15) is 17.3 Å². The van der Waals surface area contributed by atoms with E-state index >= 15 is 0 Å². The third-order valence-corrected chi connectivity index (χ3v) is 4.86. The summed E-state index contributed by atoms with van der Waals surface area (Å²) in [7, 11) is 0. The van der Waals surface area contributed by atoms with Crippen LogP contribution in [0.25, 0.3) is 0 Å². The molecule has 0 spiro atoms. The van der Waals surface area contributed by atoms with Gasteiger partial charge in [0, 0.05) is 5.75 Å². The molecule has 2 unspecified atom stereocenters. The summed E-state index contributed by atoms with van der Waals surface area (Å²) in [6, 6.07) is 4.20. The normalized spacial score (nSPS) is 26.5. The van der Waals surface area contributed by atoms with Gasteiger partial charge in [-0.1, -0.05) is 30.7 Å². The molecule has 1 heterocycles. The van der Waals surface area contributed by atoms with Gasteiger partial charge in [-0.15, -0.1) is 0 Å². The summed E-state index contributed by atoms with van der Waals surface area (Å²) in [6.45, 7) is 0. The number of hydrogen-bond acceptors (Lipinski definition) is 3. The van der Waals surface area contributed by atoms with Gasteiger partial charge in [0.2, 0.25) is 0 Å². The third-order valence-electron chi connectivity index (χ3n) is 3.78. The number of amidine groups is 1. The minimum absolute atomic E-state index is 0.0944. The molecule has 0 amide bonds. The number of halogens is 2.